The SMILES string of the molecule is NC(=O)CC[C@H](NC(=O)OCc1ccccc1)C(=O)N(CC(=O)O)C(=O)[C@@H](N)CCC(N)=O. The average molecular weight is 465 g/mol. The van der Waals surface area contributed by atoms with Crippen LogP contribution < -0.4 is 22.5 Å². The van der Waals surface area contributed by atoms with E-state index in [-0.39, 0.29) is 32.3 Å². The summed E-state index contributed by atoms with van der Waals surface area (Å²) in [5, 5.41) is 11.3. The van der Waals surface area contributed by atoms with Gasteiger partial charge in [0.25, 0.3) is 5.91 Å². The summed E-state index contributed by atoms with van der Waals surface area (Å²) in [7, 11) is 0. The van der Waals surface area contributed by atoms with Crippen LogP contribution in [0.15, 0.2) is 30.3 Å². The molecule has 0 radical (unpaired) electrons. The van der Waals surface area contributed by atoms with E-state index in [1.54, 1.807) is 30.3 Å². The summed E-state index contributed by atoms with van der Waals surface area (Å²) in [6, 6.07) is 5.71. The Balaban J connectivity index is 2.98. The van der Waals surface area contributed by atoms with E-state index in [2.05, 4.69) is 5.32 Å². The van der Waals surface area contributed by atoms with Crippen LogP contribution in [0.5, 0.6) is 0 Å². The van der Waals surface area contributed by atoms with Crippen LogP contribution in [0.2, 0.25) is 0 Å². The number of primary amides is 2. The number of benzene rings is 1. The summed E-state index contributed by atoms with van der Waals surface area (Å²) in [5.41, 5.74) is 16.5. The van der Waals surface area contributed by atoms with Gasteiger partial charge >= 0.3 is 12.1 Å². The van der Waals surface area contributed by atoms with E-state index in [1.165, 1.54) is 0 Å². The molecule has 1 rings (SSSR count). The number of carboxylic acids is 1. The highest BCUT2D eigenvalue weighted by molar-refractivity contribution is 6.03. The molecular formula is C20H27N5O8. The van der Waals surface area contributed by atoms with E-state index in [4.69, 9.17) is 27.0 Å². The van der Waals surface area contributed by atoms with Crippen molar-refractivity contribution in [3.05, 3.63) is 35.9 Å². The molecular weight excluding hydrogens is 438 g/mol. The van der Waals surface area contributed by atoms with Crippen LogP contribution in [-0.2, 0) is 35.3 Å². The molecule has 8 N–H and O–H groups in total. The molecule has 0 aromatic heterocycles. The van der Waals surface area contributed by atoms with Crippen molar-refractivity contribution in [3.63, 3.8) is 0 Å². The largest absolute Gasteiger partial charge is 0.480 e. The number of carbonyl (C=O) groups excluding carboxylic acids is 5. The van der Waals surface area contributed by atoms with Crippen molar-refractivity contribution in [1.82, 2.24) is 10.2 Å². The molecule has 0 aliphatic carbocycles. The van der Waals surface area contributed by atoms with E-state index in [0.29, 0.717) is 10.5 Å². The first-order chi connectivity index (χ1) is 15.5. The van der Waals surface area contributed by atoms with Crippen molar-refractivity contribution in [2.75, 3.05) is 6.54 Å². The summed E-state index contributed by atoms with van der Waals surface area (Å²) in [6.07, 6.45) is -2.21. The number of nitrogens with one attached hydrogen (secondary N) is 1. The molecule has 0 unspecified atom stereocenters. The van der Waals surface area contributed by atoms with Gasteiger partial charge < -0.3 is 32.4 Å². The van der Waals surface area contributed by atoms with Crippen LogP contribution in [0.1, 0.15) is 31.2 Å². The van der Waals surface area contributed by atoms with Crippen LogP contribution in [0.4, 0.5) is 4.79 Å². The van der Waals surface area contributed by atoms with Gasteiger partial charge in [-0.1, -0.05) is 30.3 Å². The summed E-state index contributed by atoms with van der Waals surface area (Å²) < 4.78 is 5.03. The number of carbonyl (C=O) groups is 6. The molecule has 2 atom stereocenters. The Hall–Kier alpha value is -4.00. The Labute approximate surface area is 189 Å². The molecule has 0 bridgehead atoms. The number of carboxylic acid groups (broad SMARTS) is 1. The van der Waals surface area contributed by atoms with Crippen molar-refractivity contribution in [2.24, 2.45) is 17.2 Å². The maximum absolute atomic E-state index is 13.0. The van der Waals surface area contributed by atoms with Gasteiger partial charge in [0.1, 0.15) is 19.2 Å². The molecule has 13 nitrogen and oxygen atoms in total. The number of hydrogen-bond donors (Lipinski definition) is 5. The Morgan fingerprint density at radius 2 is 1.52 bits per heavy atom. The second-order valence-electron chi connectivity index (χ2n) is 7.03. The van der Waals surface area contributed by atoms with Gasteiger partial charge in [0.05, 0.1) is 6.04 Å². The second-order valence-corrected chi connectivity index (χ2v) is 7.03. The minimum Gasteiger partial charge on any atom is -0.480 e. The van der Waals surface area contributed by atoms with E-state index >= 15 is 0 Å². The first-order valence-corrected chi connectivity index (χ1v) is 9.87. The van der Waals surface area contributed by atoms with E-state index in [0.717, 1.165) is 0 Å². The fourth-order valence-electron chi connectivity index (χ4n) is 2.66. The number of ether oxygens (including phenoxy) is 1. The van der Waals surface area contributed by atoms with Gasteiger partial charge in [0, 0.05) is 12.8 Å². The van der Waals surface area contributed by atoms with Gasteiger partial charge in [-0.25, -0.2) is 4.79 Å². The lowest BCUT2D eigenvalue weighted by Gasteiger charge is -2.27. The number of hydrogen-bond acceptors (Lipinski definition) is 8. The van der Waals surface area contributed by atoms with Gasteiger partial charge in [-0.2, -0.15) is 0 Å². The minimum absolute atomic E-state index is 0.126. The quantitative estimate of drug-likeness (QED) is 0.230. The summed E-state index contributed by atoms with van der Waals surface area (Å²) in [6.45, 7) is -1.19. The van der Waals surface area contributed by atoms with Crippen LogP contribution in [0.25, 0.3) is 0 Å². The van der Waals surface area contributed by atoms with Gasteiger partial charge in [0.2, 0.25) is 17.7 Å². The summed E-state index contributed by atoms with van der Waals surface area (Å²) in [4.78, 5) is 71.4. The number of nitrogens with two attached hydrogens (primary N) is 3. The predicted molar refractivity (Wildman–Crippen MR) is 113 cm³/mol. The number of aliphatic carboxylic acids is 1. The molecule has 13 heteroatoms. The van der Waals surface area contributed by atoms with E-state index in [9.17, 15) is 28.8 Å². The van der Waals surface area contributed by atoms with E-state index < -0.39 is 54.3 Å². The van der Waals surface area contributed by atoms with Gasteiger partial charge in [0.15, 0.2) is 0 Å². The van der Waals surface area contributed by atoms with Crippen LogP contribution in [0, 0.1) is 0 Å². The Bertz CT molecular complexity index is 876. The number of nitrogens with zero attached hydrogens (tertiary/aromatic N) is 1. The highest BCUT2D eigenvalue weighted by Crippen LogP contribution is 2.09. The molecule has 5 amide bonds. The molecule has 0 aliphatic heterocycles. The second kappa shape index (κ2) is 13.4. The topological polar surface area (TPSA) is 225 Å². The van der Waals surface area contributed by atoms with Crippen LogP contribution in [0.3, 0.4) is 0 Å². The summed E-state index contributed by atoms with van der Waals surface area (Å²) >= 11 is 0. The Kier molecular flexibility index (Phi) is 11.0. The van der Waals surface area contributed by atoms with Crippen molar-refractivity contribution in [2.45, 2.75) is 44.4 Å². The first kappa shape index (κ1) is 27.0. The fraction of sp³-hybridized carbons (Fsp3) is 0.400. The van der Waals surface area contributed by atoms with Crippen molar-refractivity contribution >= 4 is 35.7 Å². The third-order valence-electron chi connectivity index (χ3n) is 4.33. The van der Waals surface area contributed by atoms with Gasteiger partial charge in [-0.3, -0.25) is 28.9 Å². The van der Waals surface area contributed by atoms with Crippen molar-refractivity contribution < 1.29 is 38.6 Å². The molecule has 0 fully saturated rings. The molecule has 0 aliphatic rings. The predicted octanol–water partition coefficient (Wildman–Crippen LogP) is -1.42. The third kappa shape index (κ3) is 10.2. The molecule has 0 spiro atoms. The van der Waals surface area contributed by atoms with Gasteiger partial charge in [-0.05, 0) is 18.4 Å². The number of imide groups is 1. The van der Waals surface area contributed by atoms with Crippen molar-refractivity contribution in [3.8, 4) is 0 Å². The molecule has 33 heavy (non-hydrogen) atoms. The van der Waals surface area contributed by atoms with E-state index in [1.807, 2.05) is 0 Å². The minimum atomic E-state index is -1.53. The first-order valence-electron chi connectivity index (χ1n) is 9.87. The number of alkyl carbamates (subject to hydrolysis) is 1. The lowest BCUT2D eigenvalue weighted by molar-refractivity contribution is -0.154. The molecule has 1 aromatic rings. The molecule has 0 heterocycles. The number of amides is 5. The lowest BCUT2D eigenvalue weighted by Crippen LogP contribution is -2.55. The molecule has 0 saturated carbocycles. The zero-order chi connectivity index (χ0) is 25.0. The number of rotatable bonds is 13. The molecule has 1 aromatic carbocycles. The lowest BCUT2D eigenvalue weighted by atomic mass is 10.1. The molecule has 0 saturated heterocycles. The van der Waals surface area contributed by atoms with Gasteiger partial charge in [-0.15, -0.1) is 0 Å². The maximum Gasteiger partial charge on any atom is 0.408 e. The van der Waals surface area contributed by atoms with Crippen LogP contribution in [-0.4, -0.2) is 64.3 Å². The molecule has 180 valence electrons. The fourth-order valence-corrected chi connectivity index (χ4v) is 2.66. The zero-order valence-corrected chi connectivity index (χ0v) is 17.8. The van der Waals surface area contributed by atoms with Crippen LogP contribution >= 0.6 is 0 Å². The summed E-state index contributed by atoms with van der Waals surface area (Å²) in [5.74, 6) is -5.28. The normalized spacial score (nSPS) is 12.2. The smallest absolute Gasteiger partial charge is 0.408 e. The average Bonchev–Trinajstić information content (AvgIpc) is 2.76. The standard InChI is InChI=1S/C20H27N5O8/c21-13(6-8-15(22)26)18(30)25(10-17(28)29)19(31)14(7-9-16(23)27)24-20(32)33-11-12-4-2-1-3-5-12/h1-5,13-14H,6-11,21H2,(H2,22,26)(H2,23,27)(H,24,32)(H,28,29)/t13-,14-/m0/s1. The highest BCUT2D eigenvalue weighted by Gasteiger charge is 2.34. The Morgan fingerprint density at radius 3 is 2.06 bits per heavy atom. The van der Waals surface area contributed by atoms with Crippen molar-refractivity contribution in [1.29, 1.82) is 0 Å². The zero-order valence-electron chi connectivity index (χ0n) is 17.8. The third-order valence-corrected chi connectivity index (χ3v) is 4.33. The monoisotopic (exact) mass is 465 g/mol. The Morgan fingerprint density at radius 1 is 0.939 bits per heavy atom. The maximum atomic E-state index is 13.0. The highest BCUT2D eigenvalue weighted by atomic mass is 16.5.